The Balaban J connectivity index is 1.64. The van der Waals surface area contributed by atoms with Crippen LogP contribution in [0.1, 0.15) is 25.0 Å². The predicted molar refractivity (Wildman–Crippen MR) is 102 cm³/mol. The second-order valence-corrected chi connectivity index (χ2v) is 6.85. The number of hydrogen-bond donors (Lipinski definition) is 1. The third-order valence-corrected chi connectivity index (χ3v) is 5.14. The minimum Gasteiger partial charge on any atom is -0.486 e. The largest absolute Gasteiger partial charge is 0.486 e. The Hall–Kier alpha value is -2.14. The van der Waals surface area contributed by atoms with E-state index in [9.17, 15) is 4.79 Å². The summed E-state index contributed by atoms with van der Waals surface area (Å²) in [6, 6.07) is 12.0. The highest BCUT2D eigenvalue weighted by Gasteiger charge is 2.14. The number of thioether (sulfide) groups is 1. The zero-order valence-electron chi connectivity index (χ0n) is 14.6. The first-order chi connectivity index (χ1) is 12.2. The van der Waals surface area contributed by atoms with Crippen molar-refractivity contribution in [3.63, 3.8) is 0 Å². The van der Waals surface area contributed by atoms with Crippen molar-refractivity contribution in [1.29, 1.82) is 0 Å². The van der Waals surface area contributed by atoms with Gasteiger partial charge in [-0.1, -0.05) is 32.0 Å². The molecule has 2 aromatic rings. The van der Waals surface area contributed by atoms with Crippen molar-refractivity contribution >= 4 is 23.4 Å². The fraction of sp³-hybridized carbons (Fsp3) is 0.350. The lowest BCUT2D eigenvalue weighted by molar-refractivity contribution is -0.113. The monoisotopic (exact) mass is 357 g/mol. The van der Waals surface area contributed by atoms with Crippen LogP contribution >= 0.6 is 11.8 Å². The summed E-state index contributed by atoms with van der Waals surface area (Å²) in [6.45, 7) is 5.36. The van der Waals surface area contributed by atoms with Gasteiger partial charge in [0.25, 0.3) is 0 Å². The van der Waals surface area contributed by atoms with Gasteiger partial charge in [0.1, 0.15) is 13.2 Å². The fourth-order valence-electron chi connectivity index (χ4n) is 2.84. The third kappa shape index (κ3) is 4.28. The van der Waals surface area contributed by atoms with E-state index in [-0.39, 0.29) is 5.91 Å². The SMILES string of the molecule is CCc1cccc(CC)c1NC(=O)CSc1ccc2c(c1)OCCO2. The number of hydrogen-bond acceptors (Lipinski definition) is 4. The van der Waals surface area contributed by atoms with Gasteiger partial charge in [-0.15, -0.1) is 11.8 Å². The number of amides is 1. The van der Waals surface area contributed by atoms with Crippen LogP contribution in [-0.2, 0) is 17.6 Å². The second-order valence-electron chi connectivity index (χ2n) is 5.80. The molecule has 1 aliphatic rings. The topological polar surface area (TPSA) is 47.6 Å². The van der Waals surface area contributed by atoms with Crippen molar-refractivity contribution in [3.05, 3.63) is 47.5 Å². The first-order valence-corrected chi connectivity index (χ1v) is 9.63. The van der Waals surface area contributed by atoms with Gasteiger partial charge in [-0.25, -0.2) is 0 Å². The van der Waals surface area contributed by atoms with Crippen LogP contribution in [0.5, 0.6) is 11.5 Å². The zero-order valence-corrected chi connectivity index (χ0v) is 15.4. The quantitative estimate of drug-likeness (QED) is 0.783. The van der Waals surface area contributed by atoms with Crippen LogP contribution in [0.2, 0.25) is 0 Å². The summed E-state index contributed by atoms with van der Waals surface area (Å²) in [5, 5.41) is 3.10. The number of benzene rings is 2. The van der Waals surface area contributed by atoms with Gasteiger partial charge in [0.05, 0.1) is 5.75 Å². The van der Waals surface area contributed by atoms with Crippen LogP contribution in [0.15, 0.2) is 41.3 Å². The van der Waals surface area contributed by atoms with E-state index in [0.717, 1.165) is 34.9 Å². The van der Waals surface area contributed by atoms with Crippen molar-refractivity contribution in [2.24, 2.45) is 0 Å². The summed E-state index contributed by atoms with van der Waals surface area (Å²) in [5.41, 5.74) is 3.33. The molecule has 0 saturated carbocycles. The molecular formula is C20H23NO3S. The smallest absolute Gasteiger partial charge is 0.234 e. The highest BCUT2D eigenvalue weighted by atomic mass is 32.2. The van der Waals surface area contributed by atoms with Crippen LogP contribution in [0.3, 0.4) is 0 Å². The normalized spacial score (nSPS) is 12.7. The molecule has 5 heteroatoms. The lowest BCUT2D eigenvalue weighted by Gasteiger charge is -2.18. The van der Waals surface area contributed by atoms with E-state index in [2.05, 4.69) is 37.4 Å². The molecule has 0 spiro atoms. The molecular weight excluding hydrogens is 334 g/mol. The molecule has 1 amide bonds. The van der Waals surface area contributed by atoms with Gasteiger partial charge in [-0.05, 0) is 42.2 Å². The van der Waals surface area contributed by atoms with Crippen molar-refractivity contribution in [2.45, 2.75) is 31.6 Å². The van der Waals surface area contributed by atoms with Crippen LogP contribution in [0.25, 0.3) is 0 Å². The van der Waals surface area contributed by atoms with Gasteiger partial charge < -0.3 is 14.8 Å². The second kappa shape index (κ2) is 8.30. The number of para-hydroxylation sites is 1. The summed E-state index contributed by atoms with van der Waals surface area (Å²) in [6.07, 6.45) is 1.80. The van der Waals surface area contributed by atoms with E-state index in [0.29, 0.717) is 19.0 Å². The summed E-state index contributed by atoms with van der Waals surface area (Å²) < 4.78 is 11.1. The summed E-state index contributed by atoms with van der Waals surface area (Å²) in [7, 11) is 0. The Morgan fingerprint density at radius 3 is 2.40 bits per heavy atom. The highest BCUT2D eigenvalue weighted by molar-refractivity contribution is 8.00. The number of ether oxygens (including phenoxy) is 2. The summed E-state index contributed by atoms with van der Waals surface area (Å²) >= 11 is 1.50. The van der Waals surface area contributed by atoms with Gasteiger partial charge in [-0.3, -0.25) is 4.79 Å². The van der Waals surface area contributed by atoms with Crippen LogP contribution in [0.4, 0.5) is 5.69 Å². The molecule has 0 atom stereocenters. The molecule has 0 radical (unpaired) electrons. The predicted octanol–water partition coefficient (Wildman–Crippen LogP) is 4.31. The maximum absolute atomic E-state index is 12.4. The molecule has 1 heterocycles. The molecule has 1 N–H and O–H groups in total. The number of anilines is 1. The molecule has 25 heavy (non-hydrogen) atoms. The number of aryl methyl sites for hydroxylation is 2. The molecule has 1 aliphatic heterocycles. The number of rotatable bonds is 6. The molecule has 0 saturated heterocycles. The van der Waals surface area contributed by atoms with Gasteiger partial charge in [0.15, 0.2) is 11.5 Å². The van der Waals surface area contributed by atoms with Crippen molar-refractivity contribution < 1.29 is 14.3 Å². The van der Waals surface area contributed by atoms with Gasteiger partial charge in [-0.2, -0.15) is 0 Å². The van der Waals surface area contributed by atoms with Crippen molar-refractivity contribution in [3.8, 4) is 11.5 Å². The molecule has 0 aliphatic carbocycles. The summed E-state index contributed by atoms with van der Waals surface area (Å²) in [4.78, 5) is 13.4. The molecule has 0 unspecified atom stereocenters. The Labute approximate surface area is 152 Å². The Morgan fingerprint density at radius 1 is 1.04 bits per heavy atom. The van der Waals surface area contributed by atoms with Crippen molar-refractivity contribution in [2.75, 3.05) is 24.3 Å². The lowest BCUT2D eigenvalue weighted by atomic mass is 10.0. The van der Waals surface area contributed by atoms with E-state index in [1.165, 1.54) is 22.9 Å². The van der Waals surface area contributed by atoms with Crippen LogP contribution < -0.4 is 14.8 Å². The van der Waals surface area contributed by atoms with Crippen LogP contribution in [-0.4, -0.2) is 24.9 Å². The van der Waals surface area contributed by atoms with E-state index in [4.69, 9.17) is 9.47 Å². The lowest BCUT2D eigenvalue weighted by Crippen LogP contribution is -2.17. The fourth-order valence-corrected chi connectivity index (χ4v) is 3.57. The molecule has 0 aromatic heterocycles. The average Bonchev–Trinajstić information content (AvgIpc) is 2.66. The molecule has 0 fully saturated rings. The van der Waals surface area contributed by atoms with Crippen LogP contribution in [0, 0.1) is 0 Å². The first kappa shape index (κ1) is 17.7. The number of carbonyl (C=O) groups is 1. The highest BCUT2D eigenvalue weighted by Crippen LogP contribution is 2.34. The van der Waals surface area contributed by atoms with Gasteiger partial charge in [0.2, 0.25) is 5.91 Å². The van der Waals surface area contributed by atoms with Crippen molar-refractivity contribution in [1.82, 2.24) is 0 Å². The maximum atomic E-state index is 12.4. The molecule has 2 aromatic carbocycles. The Morgan fingerprint density at radius 2 is 1.72 bits per heavy atom. The van der Waals surface area contributed by atoms with Gasteiger partial charge >= 0.3 is 0 Å². The van der Waals surface area contributed by atoms with Gasteiger partial charge in [0, 0.05) is 10.6 Å². The van der Waals surface area contributed by atoms with E-state index >= 15 is 0 Å². The van der Waals surface area contributed by atoms with E-state index in [1.54, 1.807) is 0 Å². The zero-order chi connectivity index (χ0) is 17.6. The Bertz CT molecular complexity index is 738. The number of carbonyl (C=O) groups excluding carboxylic acids is 1. The van der Waals surface area contributed by atoms with E-state index < -0.39 is 0 Å². The Kier molecular flexibility index (Phi) is 5.87. The minimum atomic E-state index is 0.00971. The maximum Gasteiger partial charge on any atom is 0.234 e. The average molecular weight is 357 g/mol. The first-order valence-electron chi connectivity index (χ1n) is 8.64. The minimum absolute atomic E-state index is 0.00971. The molecule has 3 rings (SSSR count). The number of fused-ring (bicyclic) bond motifs is 1. The molecule has 132 valence electrons. The third-order valence-electron chi connectivity index (χ3n) is 4.15. The number of nitrogens with one attached hydrogen (secondary N) is 1. The molecule has 4 nitrogen and oxygen atoms in total. The summed E-state index contributed by atoms with van der Waals surface area (Å²) in [5.74, 6) is 1.89. The van der Waals surface area contributed by atoms with E-state index in [1.807, 2.05) is 18.2 Å². The standard InChI is InChI=1S/C20H23NO3S/c1-3-14-6-5-7-15(4-2)20(14)21-19(22)13-25-16-8-9-17-18(12-16)24-11-10-23-17/h5-9,12H,3-4,10-11,13H2,1-2H3,(H,21,22). The molecule has 0 bridgehead atoms.